The van der Waals surface area contributed by atoms with E-state index in [-0.39, 0.29) is 5.78 Å². The second-order valence-electron chi connectivity index (χ2n) is 4.29. The number of carbonyl (C=O) groups excluding carboxylic acids is 1. The van der Waals surface area contributed by atoms with Crippen molar-refractivity contribution < 1.29 is 9.53 Å². The zero-order chi connectivity index (χ0) is 10.8. The minimum Gasteiger partial charge on any atom is -0.493 e. The molecule has 1 fully saturated rings. The van der Waals surface area contributed by atoms with E-state index in [1.165, 1.54) is 12.8 Å². The quantitative estimate of drug-likeness (QED) is 0.705. The smallest absolute Gasteiger partial charge is 0.159 e. The lowest BCUT2D eigenvalue weighted by atomic mass is 10.1. The van der Waals surface area contributed by atoms with Gasteiger partial charge in [0.15, 0.2) is 5.78 Å². The number of ketones is 1. The van der Waals surface area contributed by atoms with Gasteiger partial charge in [0.25, 0.3) is 0 Å². The number of rotatable bonds is 4. The molecule has 15 heavy (non-hydrogen) atoms. The summed E-state index contributed by atoms with van der Waals surface area (Å²) in [5.41, 5.74) is 1.80. The standard InChI is InChI=1S/C13H16O2/c1-9-7-12(10(2)14)5-6-13(9)15-8-11-3-4-11/h5-7,11H,3-4,8H2,1-2H3. The Bertz CT molecular complexity index is 378. The van der Waals surface area contributed by atoms with E-state index in [1.807, 2.05) is 25.1 Å². The fraction of sp³-hybridized carbons (Fsp3) is 0.462. The van der Waals surface area contributed by atoms with Crippen LogP contribution in [0.2, 0.25) is 0 Å². The third-order valence-electron chi connectivity index (χ3n) is 2.75. The van der Waals surface area contributed by atoms with Gasteiger partial charge in [-0.25, -0.2) is 0 Å². The summed E-state index contributed by atoms with van der Waals surface area (Å²) in [7, 11) is 0. The number of benzene rings is 1. The Balaban J connectivity index is 2.07. The Morgan fingerprint density at radius 1 is 1.47 bits per heavy atom. The van der Waals surface area contributed by atoms with Gasteiger partial charge in [-0.1, -0.05) is 0 Å². The average molecular weight is 204 g/mol. The maximum Gasteiger partial charge on any atom is 0.159 e. The summed E-state index contributed by atoms with van der Waals surface area (Å²) < 4.78 is 5.68. The van der Waals surface area contributed by atoms with Gasteiger partial charge in [-0.05, 0) is 56.4 Å². The van der Waals surface area contributed by atoms with E-state index >= 15 is 0 Å². The van der Waals surface area contributed by atoms with Crippen molar-refractivity contribution in [1.82, 2.24) is 0 Å². The number of carbonyl (C=O) groups is 1. The largest absolute Gasteiger partial charge is 0.493 e. The zero-order valence-corrected chi connectivity index (χ0v) is 9.25. The van der Waals surface area contributed by atoms with Gasteiger partial charge < -0.3 is 4.74 Å². The van der Waals surface area contributed by atoms with Crippen molar-refractivity contribution in [2.24, 2.45) is 5.92 Å². The van der Waals surface area contributed by atoms with Crippen LogP contribution >= 0.6 is 0 Å². The Labute approximate surface area is 90.3 Å². The minimum absolute atomic E-state index is 0.104. The SMILES string of the molecule is CC(=O)c1ccc(OCC2CC2)c(C)c1. The molecule has 2 rings (SSSR count). The first-order valence-corrected chi connectivity index (χ1v) is 5.41. The third-order valence-corrected chi connectivity index (χ3v) is 2.75. The predicted molar refractivity (Wildman–Crippen MR) is 59.4 cm³/mol. The van der Waals surface area contributed by atoms with Crippen molar-refractivity contribution in [3.8, 4) is 5.75 Å². The van der Waals surface area contributed by atoms with Gasteiger partial charge in [-0.2, -0.15) is 0 Å². The van der Waals surface area contributed by atoms with Crippen LogP contribution in [0.1, 0.15) is 35.7 Å². The van der Waals surface area contributed by atoms with Crippen LogP contribution in [-0.2, 0) is 0 Å². The number of Topliss-reactive ketones (excluding diaryl/α,β-unsaturated/α-hetero) is 1. The molecular formula is C13H16O2. The second kappa shape index (κ2) is 4.05. The first-order valence-electron chi connectivity index (χ1n) is 5.41. The summed E-state index contributed by atoms with van der Waals surface area (Å²) in [5, 5.41) is 0. The number of hydrogen-bond acceptors (Lipinski definition) is 2. The summed E-state index contributed by atoms with van der Waals surface area (Å²) in [4.78, 5) is 11.1. The monoisotopic (exact) mass is 204 g/mol. The highest BCUT2D eigenvalue weighted by Crippen LogP contribution is 2.30. The number of ether oxygens (including phenoxy) is 1. The molecule has 1 saturated carbocycles. The van der Waals surface area contributed by atoms with Crippen LogP contribution < -0.4 is 4.74 Å². The first kappa shape index (κ1) is 10.2. The Morgan fingerprint density at radius 3 is 2.73 bits per heavy atom. The van der Waals surface area contributed by atoms with Gasteiger partial charge in [-0.3, -0.25) is 4.79 Å². The molecule has 0 spiro atoms. The van der Waals surface area contributed by atoms with Crippen molar-refractivity contribution in [2.75, 3.05) is 6.61 Å². The van der Waals surface area contributed by atoms with Crippen molar-refractivity contribution in [3.63, 3.8) is 0 Å². The molecular weight excluding hydrogens is 188 g/mol. The van der Waals surface area contributed by atoms with Crippen LogP contribution in [0.25, 0.3) is 0 Å². The minimum atomic E-state index is 0.104. The summed E-state index contributed by atoms with van der Waals surface area (Å²) >= 11 is 0. The molecule has 0 aliphatic heterocycles. The molecule has 2 nitrogen and oxygen atoms in total. The molecule has 2 heteroatoms. The molecule has 0 radical (unpaired) electrons. The Morgan fingerprint density at radius 2 is 2.20 bits per heavy atom. The predicted octanol–water partition coefficient (Wildman–Crippen LogP) is 2.99. The van der Waals surface area contributed by atoms with E-state index in [4.69, 9.17) is 4.74 Å². The topological polar surface area (TPSA) is 26.3 Å². The van der Waals surface area contributed by atoms with Crippen LogP contribution in [0.15, 0.2) is 18.2 Å². The van der Waals surface area contributed by atoms with Crippen molar-refractivity contribution in [1.29, 1.82) is 0 Å². The van der Waals surface area contributed by atoms with Crippen LogP contribution in [0.5, 0.6) is 5.75 Å². The molecule has 0 saturated heterocycles. The first-order chi connectivity index (χ1) is 7.16. The molecule has 1 aromatic carbocycles. The Hall–Kier alpha value is -1.31. The number of aryl methyl sites for hydroxylation is 1. The van der Waals surface area contributed by atoms with E-state index in [1.54, 1.807) is 6.92 Å². The summed E-state index contributed by atoms with van der Waals surface area (Å²) in [6.45, 7) is 4.38. The molecule has 0 aromatic heterocycles. The van der Waals surface area contributed by atoms with Gasteiger partial charge in [0, 0.05) is 5.56 Å². The van der Waals surface area contributed by atoms with E-state index < -0.39 is 0 Å². The molecule has 0 heterocycles. The molecule has 1 aliphatic carbocycles. The van der Waals surface area contributed by atoms with E-state index in [0.29, 0.717) is 0 Å². The van der Waals surface area contributed by atoms with Crippen LogP contribution in [0.3, 0.4) is 0 Å². The molecule has 0 atom stereocenters. The number of hydrogen-bond donors (Lipinski definition) is 0. The molecule has 1 aromatic rings. The molecule has 1 aliphatic rings. The second-order valence-corrected chi connectivity index (χ2v) is 4.29. The highest BCUT2D eigenvalue weighted by molar-refractivity contribution is 5.94. The van der Waals surface area contributed by atoms with Gasteiger partial charge in [0.05, 0.1) is 6.61 Å². The third kappa shape index (κ3) is 2.58. The highest BCUT2D eigenvalue weighted by Gasteiger charge is 2.22. The van der Waals surface area contributed by atoms with Gasteiger partial charge in [-0.15, -0.1) is 0 Å². The normalized spacial score (nSPS) is 15.1. The van der Waals surface area contributed by atoms with Gasteiger partial charge in [0.2, 0.25) is 0 Å². The lowest BCUT2D eigenvalue weighted by Gasteiger charge is -2.09. The maximum atomic E-state index is 11.1. The highest BCUT2D eigenvalue weighted by atomic mass is 16.5. The fourth-order valence-corrected chi connectivity index (χ4v) is 1.52. The van der Waals surface area contributed by atoms with Gasteiger partial charge in [0.1, 0.15) is 5.75 Å². The lowest BCUT2D eigenvalue weighted by Crippen LogP contribution is -2.01. The maximum absolute atomic E-state index is 11.1. The lowest BCUT2D eigenvalue weighted by molar-refractivity contribution is 0.101. The summed E-state index contributed by atoms with van der Waals surface area (Å²) in [6, 6.07) is 5.62. The van der Waals surface area contributed by atoms with Gasteiger partial charge >= 0.3 is 0 Å². The molecule has 0 N–H and O–H groups in total. The molecule has 0 amide bonds. The molecule has 80 valence electrons. The van der Waals surface area contributed by atoms with Crippen molar-refractivity contribution >= 4 is 5.78 Å². The fourth-order valence-electron chi connectivity index (χ4n) is 1.52. The van der Waals surface area contributed by atoms with E-state index in [9.17, 15) is 4.79 Å². The van der Waals surface area contributed by atoms with Crippen LogP contribution in [0.4, 0.5) is 0 Å². The summed E-state index contributed by atoms with van der Waals surface area (Å²) in [6.07, 6.45) is 2.59. The van der Waals surface area contributed by atoms with Crippen LogP contribution in [-0.4, -0.2) is 12.4 Å². The van der Waals surface area contributed by atoms with Crippen molar-refractivity contribution in [2.45, 2.75) is 26.7 Å². The van der Waals surface area contributed by atoms with E-state index in [2.05, 4.69) is 0 Å². The molecule has 0 bridgehead atoms. The average Bonchev–Trinajstić information content (AvgIpc) is 2.99. The Kier molecular flexibility index (Phi) is 2.76. The van der Waals surface area contributed by atoms with E-state index in [0.717, 1.165) is 29.4 Å². The zero-order valence-electron chi connectivity index (χ0n) is 9.25. The summed E-state index contributed by atoms with van der Waals surface area (Å²) in [5.74, 6) is 1.77. The van der Waals surface area contributed by atoms with Crippen molar-refractivity contribution in [3.05, 3.63) is 29.3 Å². The molecule has 0 unspecified atom stereocenters. The van der Waals surface area contributed by atoms with Crippen LogP contribution in [0, 0.1) is 12.8 Å².